The monoisotopic (exact) mass is 256 g/mol. The van der Waals surface area contributed by atoms with Gasteiger partial charge in [-0.15, -0.1) is 0 Å². The van der Waals surface area contributed by atoms with Gasteiger partial charge in [-0.2, -0.15) is 0 Å². The second kappa shape index (κ2) is 5.65. The van der Waals surface area contributed by atoms with Crippen molar-refractivity contribution in [3.63, 3.8) is 0 Å². The molecule has 0 bridgehead atoms. The molecule has 0 saturated carbocycles. The summed E-state index contributed by atoms with van der Waals surface area (Å²) in [5, 5.41) is 11.5. The highest BCUT2D eigenvalue weighted by atomic mass is 35.5. The number of nitrogens with one attached hydrogen (secondary N) is 1. The molecule has 6 heteroatoms. The van der Waals surface area contributed by atoms with Crippen molar-refractivity contribution in [3.8, 4) is 0 Å². The second-order valence-corrected chi connectivity index (χ2v) is 3.91. The molecule has 0 aliphatic heterocycles. The molecule has 92 valence electrons. The first-order valence-corrected chi connectivity index (χ1v) is 5.42. The molecule has 0 unspecified atom stereocenters. The van der Waals surface area contributed by atoms with Gasteiger partial charge in [0, 0.05) is 5.69 Å². The van der Waals surface area contributed by atoms with Gasteiger partial charge in [0.2, 0.25) is 5.91 Å². The molecular weight excluding hydrogens is 244 g/mol. The molecule has 1 rings (SSSR count). The summed E-state index contributed by atoms with van der Waals surface area (Å²) in [6.07, 6.45) is 0.505. The molecule has 0 fully saturated rings. The fourth-order valence-electron chi connectivity index (χ4n) is 1.19. The summed E-state index contributed by atoms with van der Waals surface area (Å²) in [4.78, 5) is 22.3. The minimum atomic E-state index is -1.15. The van der Waals surface area contributed by atoms with Crippen LogP contribution in [0.2, 0.25) is 5.02 Å². The second-order valence-electron chi connectivity index (χ2n) is 3.50. The number of carbonyl (C=O) groups is 2. The third-order valence-electron chi connectivity index (χ3n) is 2.24. The Morgan fingerprint density at radius 2 is 2.18 bits per heavy atom. The van der Waals surface area contributed by atoms with Crippen molar-refractivity contribution in [1.82, 2.24) is 0 Å². The zero-order valence-corrected chi connectivity index (χ0v) is 9.99. The molecule has 1 atom stereocenters. The maximum absolute atomic E-state index is 11.5. The Balaban J connectivity index is 2.90. The van der Waals surface area contributed by atoms with E-state index < -0.39 is 12.0 Å². The number of benzene rings is 1. The predicted molar refractivity (Wildman–Crippen MR) is 65.3 cm³/mol. The lowest BCUT2D eigenvalue weighted by Gasteiger charge is -2.10. The van der Waals surface area contributed by atoms with E-state index in [-0.39, 0.29) is 16.5 Å². The Labute approximate surface area is 104 Å². The Kier molecular flexibility index (Phi) is 4.48. The molecular formula is C11H13ClN2O3. The number of anilines is 1. The average Bonchev–Trinajstić information content (AvgIpc) is 2.30. The van der Waals surface area contributed by atoms with Crippen LogP contribution in [0.5, 0.6) is 0 Å². The van der Waals surface area contributed by atoms with E-state index in [2.05, 4.69) is 5.32 Å². The molecule has 0 radical (unpaired) electrons. The van der Waals surface area contributed by atoms with Crippen molar-refractivity contribution in [2.75, 3.05) is 5.32 Å². The lowest BCUT2D eigenvalue weighted by Crippen LogP contribution is -2.34. The number of aromatic carboxylic acids is 1. The average molecular weight is 257 g/mol. The van der Waals surface area contributed by atoms with E-state index in [4.69, 9.17) is 22.4 Å². The highest BCUT2D eigenvalue weighted by Gasteiger charge is 2.13. The van der Waals surface area contributed by atoms with Crippen molar-refractivity contribution >= 4 is 29.2 Å². The summed E-state index contributed by atoms with van der Waals surface area (Å²) in [7, 11) is 0. The van der Waals surface area contributed by atoms with Crippen molar-refractivity contribution in [3.05, 3.63) is 28.8 Å². The normalized spacial score (nSPS) is 11.9. The van der Waals surface area contributed by atoms with Crippen LogP contribution in [0.25, 0.3) is 0 Å². The Hall–Kier alpha value is -1.59. The summed E-state index contributed by atoms with van der Waals surface area (Å²) in [6, 6.07) is 3.62. The van der Waals surface area contributed by atoms with E-state index in [0.29, 0.717) is 12.1 Å². The number of hydrogen-bond donors (Lipinski definition) is 3. The fourth-order valence-corrected chi connectivity index (χ4v) is 1.39. The van der Waals surface area contributed by atoms with E-state index in [1.54, 1.807) is 6.92 Å². The van der Waals surface area contributed by atoms with Crippen LogP contribution >= 0.6 is 11.6 Å². The van der Waals surface area contributed by atoms with Crippen LogP contribution in [0, 0.1) is 0 Å². The molecule has 0 aliphatic rings. The van der Waals surface area contributed by atoms with Crippen LogP contribution in [0.1, 0.15) is 23.7 Å². The van der Waals surface area contributed by atoms with Crippen molar-refractivity contribution in [2.24, 2.45) is 5.73 Å². The molecule has 0 aliphatic carbocycles. The standard InChI is InChI=1S/C11H13ClN2O3/c1-2-9(13)10(15)14-6-3-4-8(12)7(5-6)11(16)17/h3-5,9H,2,13H2,1H3,(H,14,15)(H,16,17)/t9-/m0/s1. The smallest absolute Gasteiger partial charge is 0.337 e. The van der Waals surface area contributed by atoms with Gasteiger partial charge >= 0.3 is 5.97 Å². The maximum Gasteiger partial charge on any atom is 0.337 e. The van der Waals surface area contributed by atoms with Crippen LogP contribution in [0.15, 0.2) is 18.2 Å². The Bertz CT molecular complexity index is 448. The highest BCUT2D eigenvalue weighted by Crippen LogP contribution is 2.20. The van der Waals surface area contributed by atoms with Crippen LogP contribution in [-0.2, 0) is 4.79 Å². The van der Waals surface area contributed by atoms with Gasteiger partial charge in [0.15, 0.2) is 0 Å². The first kappa shape index (κ1) is 13.5. The number of rotatable bonds is 4. The third-order valence-corrected chi connectivity index (χ3v) is 2.57. The fraction of sp³-hybridized carbons (Fsp3) is 0.273. The van der Waals surface area contributed by atoms with Gasteiger partial charge in [0.05, 0.1) is 16.6 Å². The summed E-state index contributed by atoms with van der Waals surface area (Å²) in [5.74, 6) is -1.50. The molecule has 4 N–H and O–H groups in total. The van der Waals surface area contributed by atoms with Gasteiger partial charge in [-0.25, -0.2) is 4.79 Å². The van der Waals surface area contributed by atoms with E-state index in [0.717, 1.165) is 0 Å². The van der Waals surface area contributed by atoms with Crippen LogP contribution in [0.3, 0.4) is 0 Å². The number of nitrogens with two attached hydrogens (primary N) is 1. The van der Waals surface area contributed by atoms with Gasteiger partial charge in [0.25, 0.3) is 0 Å². The number of halogens is 1. The van der Waals surface area contributed by atoms with Gasteiger partial charge in [-0.1, -0.05) is 18.5 Å². The zero-order valence-electron chi connectivity index (χ0n) is 9.24. The third kappa shape index (κ3) is 3.44. The van der Waals surface area contributed by atoms with Gasteiger partial charge < -0.3 is 16.2 Å². The lowest BCUT2D eigenvalue weighted by molar-refractivity contribution is -0.117. The first-order chi connectivity index (χ1) is 7.95. The number of carboxylic acid groups (broad SMARTS) is 1. The lowest BCUT2D eigenvalue weighted by atomic mass is 10.2. The minimum absolute atomic E-state index is 0.0606. The molecule has 1 aromatic carbocycles. The predicted octanol–water partition coefficient (Wildman–Crippen LogP) is 1.71. The molecule has 0 saturated heterocycles. The van der Waals surface area contributed by atoms with Crippen molar-refractivity contribution < 1.29 is 14.7 Å². The summed E-state index contributed by atoms with van der Waals surface area (Å²) < 4.78 is 0. The molecule has 1 amide bonds. The quantitative estimate of drug-likeness (QED) is 0.765. The molecule has 0 heterocycles. The zero-order chi connectivity index (χ0) is 13.0. The SMILES string of the molecule is CC[C@H](N)C(=O)Nc1ccc(Cl)c(C(=O)O)c1. The van der Waals surface area contributed by atoms with Crippen LogP contribution in [0.4, 0.5) is 5.69 Å². The Morgan fingerprint density at radius 1 is 1.53 bits per heavy atom. The van der Waals surface area contributed by atoms with Gasteiger partial charge in [-0.3, -0.25) is 4.79 Å². The summed E-state index contributed by atoms with van der Waals surface area (Å²) in [6.45, 7) is 1.79. The number of amides is 1. The van der Waals surface area contributed by atoms with Crippen LogP contribution in [-0.4, -0.2) is 23.0 Å². The summed E-state index contributed by atoms with van der Waals surface area (Å²) >= 11 is 5.70. The van der Waals surface area contributed by atoms with E-state index >= 15 is 0 Å². The Morgan fingerprint density at radius 3 is 2.71 bits per heavy atom. The highest BCUT2D eigenvalue weighted by molar-refractivity contribution is 6.33. The van der Waals surface area contributed by atoms with E-state index in [1.807, 2.05) is 0 Å². The molecule has 0 spiro atoms. The maximum atomic E-state index is 11.5. The molecule has 5 nitrogen and oxygen atoms in total. The number of hydrogen-bond acceptors (Lipinski definition) is 3. The number of carboxylic acids is 1. The largest absolute Gasteiger partial charge is 0.478 e. The molecule has 1 aromatic rings. The van der Waals surface area contributed by atoms with Gasteiger partial charge in [0.1, 0.15) is 0 Å². The minimum Gasteiger partial charge on any atom is -0.478 e. The van der Waals surface area contributed by atoms with E-state index in [1.165, 1.54) is 18.2 Å². The van der Waals surface area contributed by atoms with Crippen molar-refractivity contribution in [1.29, 1.82) is 0 Å². The topological polar surface area (TPSA) is 92.4 Å². The summed E-state index contributed by atoms with van der Waals surface area (Å²) in [5.41, 5.74) is 5.84. The number of carbonyl (C=O) groups excluding carboxylic acids is 1. The molecule has 0 aromatic heterocycles. The van der Waals surface area contributed by atoms with Crippen LogP contribution < -0.4 is 11.1 Å². The van der Waals surface area contributed by atoms with Gasteiger partial charge in [-0.05, 0) is 24.6 Å². The van der Waals surface area contributed by atoms with E-state index in [9.17, 15) is 9.59 Å². The first-order valence-electron chi connectivity index (χ1n) is 5.05. The van der Waals surface area contributed by atoms with Crippen molar-refractivity contribution in [2.45, 2.75) is 19.4 Å². The molecule has 17 heavy (non-hydrogen) atoms.